The fourth-order valence-corrected chi connectivity index (χ4v) is 5.16. The highest BCUT2D eigenvalue weighted by atomic mass is 19.1. The van der Waals surface area contributed by atoms with Crippen LogP contribution in [0.2, 0.25) is 0 Å². The smallest absolute Gasteiger partial charge is 0.250 e. The summed E-state index contributed by atoms with van der Waals surface area (Å²) in [7, 11) is 0. The number of nitrogens with one attached hydrogen (secondary N) is 1. The van der Waals surface area contributed by atoms with Crippen LogP contribution in [0.4, 0.5) is 20.3 Å². The second kappa shape index (κ2) is 10.4. The van der Waals surface area contributed by atoms with Gasteiger partial charge in [-0.1, -0.05) is 36.4 Å². The van der Waals surface area contributed by atoms with Gasteiger partial charge in [-0.2, -0.15) is 0 Å². The van der Waals surface area contributed by atoms with Crippen molar-refractivity contribution in [2.75, 3.05) is 29.9 Å². The van der Waals surface area contributed by atoms with Crippen molar-refractivity contribution in [1.82, 2.24) is 9.88 Å². The predicted octanol–water partition coefficient (Wildman–Crippen LogP) is 5.87. The van der Waals surface area contributed by atoms with Crippen molar-refractivity contribution in [3.8, 4) is 0 Å². The number of amides is 1. The number of benzene rings is 2. The first-order valence-corrected chi connectivity index (χ1v) is 12.4. The molecule has 5 rings (SSSR count). The van der Waals surface area contributed by atoms with Gasteiger partial charge >= 0.3 is 0 Å². The number of pyridine rings is 1. The van der Waals surface area contributed by atoms with Crippen molar-refractivity contribution in [2.24, 2.45) is 0 Å². The molecule has 2 aromatic carbocycles. The van der Waals surface area contributed by atoms with E-state index in [0.717, 1.165) is 38.2 Å². The largest absolute Gasteiger partial charge is 0.368 e. The van der Waals surface area contributed by atoms with Gasteiger partial charge in [-0.05, 0) is 56.4 Å². The molecule has 2 fully saturated rings. The molecule has 0 spiro atoms. The monoisotopic (exact) mass is 476 g/mol. The summed E-state index contributed by atoms with van der Waals surface area (Å²) in [6, 6.07) is 15.5. The van der Waals surface area contributed by atoms with Gasteiger partial charge in [-0.25, -0.2) is 13.8 Å². The maximum absolute atomic E-state index is 14.6. The Morgan fingerprint density at radius 3 is 2.34 bits per heavy atom. The summed E-state index contributed by atoms with van der Waals surface area (Å²) >= 11 is 0. The van der Waals surface area contributed by atoms with Crippen LogP contribution in [0.1, 0.15) is 55.3 Å². The molecule has 2 aliphatic heterocycles. The SMILES string of the molecule is O=C(C(Nc1ccccc1F)c1ccc(N2CCCCC2)nc1)N1CCC[C@H]1c1ccccc1F. The summed E-state index contributed by atoms with van der Waals surface area (Å²) in [5, 5.41) is 3.11. The summed E-state index contributed by atoms with van der Waals surface area (Å²) < 4.78 is 29.2. The number of rotatable bonds is 6. The van der Waals surface area contributed by atoms with Crippen molar-refractivity contribution >= 4 is 17.4 Å². The number of carbonyl (C=O) groups excluding carboxylic acids is 1. The summed E-state index contributed by atoms with van der Waals surface area (Å²) in [6.07, 6.45) is 6.69. The molecular weight excluding hydrogens is 446 g/mol. The molecule has 1 amide bonds. The summed E-state index contributed by atoms with van der Waals surface area (Å²) in [5.74, 6) is -0.0823. The quantitative estimate of drug-likeness (QED) is 0.484. The molecule has 0 aliphatic carbocycles. The molecule has 2 aliphatic rings. The van der Waals surface area contributed by atoms with Crippen LogP contribution in [-0.4, -0.2) is 35.4 Å². The van der Waals surface area contributed by atoms with Crippen LogP contribution >= 0.6 is 0 Å². The van der Waals surface area contributed by atoms with Crippen LogP contribution < -0.4 is 10.2 Å². The van der Waals surface area contributed by atoms with Crippen LogP contribution in [0.25, 0.3) is 0 Å². The maximum atomic E-state index is 14.6. The number of anilines is 2. The maximum Gasteiger partial charge on any atom is 0.250 e. The fraction of sp³-hybridized carbons (Fsp3) is 0.357. The Morgan fingerprint density at radius 2 is 1.63 bits per heavy atom. The first-order chi connectivity index (χ1) is 17.1. The molecule has 5 nitrogen and oxygen atoms in total. The van der Waals surface area contributed by atoms with E-state index >= 15 is 0 Å². The van der Waals surface area contributed by atoms with Crippen LogP contribution in [0.3, 0.4) is 0 Å². The zero-order valence-electron chi connectivity index (χ0n) is 19.7. The fourth-order valence-electron chi connectivity index (χ4n) is 5.16. The van der Waals surface area contributed by atoms with Crippen molar-refractivity contribution in [1.29, 1.82) is 0 Å². The standard InChI is InChI=1S/C28H30F2N4O/c29-22-10-3-2-9-21(22)25-13-8-18-34(25)28(35)27(32-24-12-5-4-11-23(24)30)20-14-15-26(31-19-20)33-16-6-1-7-17-33/h2-5,9-12,14-15,19,25,27,32H,1,6-8,13,16-18H2/t25-,27?/m0/s1. The Morgan fingerprint density at radius 1 is 0.886 bits per heavy atom. The van der Waals surface area contributed by atoms with Gasteiger partial charge in [0.25, 0.3) is 0 Å². The van der Waals surface area contributed by atoms with Crippen LogP contribution in [0.15, 0.2) is 66.9 Å². The number of halogens is 2. The van der Waals surface area contributed by atoms with Gasteiger partial charge in [-0.15, -0.1) is 0 Å². The van der Waals surface area contributed by atoms with Crippen LogP contribution in [0, 0.1) is 11.6 Å². The van der Waals surface area contributed by atoms with E-state index in [2.05, 4.69) is 15.2 Å². The third kappa shape index (κ3) is 4.99. The lowest BCUT2D eigenvalue weighted by Gasteiger charge is -2.31. The average Bonchev–Trinajstić information content (AvgIpc) is 3.39. The Kier molecular flexibility index (Phi) is 6.93. The number of nitrogens with zero attached hydrogens (tertiary/aromatic N) is 3. The van der Waals surface area contributed by atoms with E-state index in [9.17, 15) is 13.6 Å². The zero-order valence-corrected chi connectivity index (χ0v) is 19.7. The summed E-state index contributed by atoms with van der Waals surface area (Å²) in [6.45, 7) is 2.47. The number of hydrogen-bond acceptors (Lipinski definition) is 4. The predicted molar refractivity (Wildman–Crippen MR) is 133 cm³/mol. The van der Waals surface area contributed by atoms with Crippen LogP contribution in [-0.2, 0) is 4.79 Å². The third-order valence-electron chi connectivity index (χ3n) is 7.00. The molecule has 0 bridgehead atoms. The van der Waals surface area contributed by atoms with Crippen molar-refractivity contribution in [2.45, 2.75) is 44.2 Å². The summed E-state index contributed by atoms with van der Waals surface area (Å²) in [4.78, 5) is 22.5. The molecule has 7 heteroatoms. The van der Waals surface area contributed by atoms with Crippen molar-refractivity contribution in [3.63, 3.8) is 0 Å². The topological polar surface area (TPSA) is 48.5 Å². The highest BCUT2D eigenvalue weighted by Gasteiger charge is 2.36. The molecule has 35 heavy (non-hydrogen) atoms. The lowest BCUT2D eigenvalue weighted by molar-refractivity contribution is -0.133. The first-order valence-electron chi connectivity index (χ1n) is 12.4. The van der Waals surface area contributed by atoms with Crippen LogP contribution in [0.5, 0.6) is 0 Å². The van der Waals surface area contributed by atoms with Crippen molar-refractivity contribution < 1.29 is 13.6 Å². The third-order valence-corrected chi connectivity index (χ3v) is 7.00. The number of para-hydroxylation sites is 1. The summed E-state index contributed by atoms with van der Waals surface area (Å²) in [5.41, 5.74) is 1.41. The van der Waals surface area contributed by atoms with E-state index in [0.29, 0.717) is 24.1 Å². The number of piperidine rings is 1. The molecule has 1 aromatic heterocycles. The molecular formula is C28H30F2N4O. The van der Waals surface area contributed by atoms with E-state index < -0.39 is 11.9 Å². The van der Waals surface area contributed by atoms with Gasteiger partial charge in [0.15, 0.2) is 0 Å². The highest BCUT2D eigenvalue weighted by Crippen LogP contribution is 2.36. The van der Waals surface area contributed by atoms with E-state index in [1.807, 2.05) is 12.1 Å². The van der Waals surface area contributed by atoms with Gasteiger partial charge in [0, 0.05) is 37.0 Å². The lowest BCUT2D eigenvalue weighted by Crippen LogP contribution is -2.38. The molecule has 182 valence electrons. The minimum Gasteiger partial charge on any atom is -0.368 e. The molecule has 1 unspecified atom stereocenters. The first kappa shape index (κ1) is 23.3. The average molecular weight is 477 g/mol. The Bertz CT molecular complexity index is 1160. The molecule has 2 saturated heterocycles. The Labute approximate surface area is 204 Å². The number of carbonyl (C=O) groups is 1. The molecule has 3 aromatic rings. The highest BCUT2D eigenvalue weighted by molar-refractivity contribution is 5.87. The number of likely N-dealkylation sites (tertiary alicyclic amines) is 1. The van der Waals surface area contributed by atoms with Gasteiger partial charge in [-0.3, -0.25) is 4.79 Å². The Hall–Kier alpha value is -3.48. The molecule has 2 atom stereocenters. The van der Waals surface area contributed by atoms with E-state index in [1.54, 1.807) is 47.5 Å². The molecule has 0 radical (unpaired) electrons. The number of aromatic nitrogens is 1. The zero-order chi connectivity index (χ0) is 24.2. The van der Waals surface area contributed by atoms with Gasteiger partial charge in [0.2, 0.25) is 5.91 Å². The van der Waals surface area contributed by atoms with Gasteiger partial charge in [0.05, 0.1) is 11.7 Å². The molecule has 3 heterocycles. The van der Waals surface area contributed by atoms with E-state index in [1.165, 1.54) is 18.6 Å². The Balaban J connectivity index is 1.45. The molecule has 1 N–H and O–H groups in total. The lowest BCUT2D eigenvalue weighted by atomic mass is 10.0. The second-order valence-corrected chi connectivity index (χ2v) is 9.27. The number of hydrogen-bond donors (Lipinski definition) is 1. The second-order valence-electron chi connectivity index (χ2n) is 9.27. The minimum absolute atomic E-state index is 0.216. The van der Waals surface area contributed by atoms with E-state index in [-0.39, 0.29) is 23.5 Å². The van der Waals surface area contributed by atoms with E-state index in [4.69, 9.17) is 0 Å². The minimum atomic E-state index is -0.845. The normalized spacial score (nSPS) is 19.0. The molecule has 0 saturated carbocycles. The van der Waals surface area contributed by atoms with Gasteiger partial charge < -0.3 is 15.1 Å². The van der Waals surface area contributed by atoms with Gasteiger partial charge in [0.1, 0.15) is 23.5 Å². The van der Waals surface area contributed by atoms with Crippen molar-refractivity contribution in [3.05, 3.63) is 89.6 Å².